The van der Waals surface area contributed by atoms with Crippen LogP contribution in [0.15, 0.2) is 18.2 Å². The lowest BCUT2D eigenvalue weighted by molar-refractivity contribution is -0.129. The molecule has 0 aromatic heterocycles. The molecule has 2 unspecified atom stereocenters. The lowest BCUT2D eigenvalue weighted by atomic mass is 9.96. The number of likely N-dealkylation sites (tertiary alicyclic amines) is 1. The van der Waals surface area contributed by atoms with Crippen molar-refractivity contribution in [3.8, 4) is 0 Å². The minimum absolute atomic E-state index is 0.0356. The van der Waals surface area contributed by atoms with Crippen LogP contribution < -0.4 is 5.73 Å². The predicted molar refractivity (Wildman–Crippen MR) is 77.8 cm³/mol. The summed E-state index contributed by atoms with van der Waals surface area (Å²) < 4.78 is 0. The minimum atomic E-state index is -0.0903. The number of nitrogens with two attached hydrogens (primary N) is 1. The number of hydrogen-bond acceptors (Lipinski definition) is 2. The van der Waals surface area contributed by atoms with Gasteiger partial charge < -0.3 is 10.6 Å². The number of amides is 1. The molecule has 1 heterocycles. The molecule has 1 fully saturated rings. The maximum Gasteiger partial charge on any atom is 0.224 e. The molecule has 1 aromatic carbocycles. The van der Waals surface area contributed by atoms with Crippen LogP contribution in [0.5, 0.6) is 0 Å². The van der Waals surface area contributed by atoms with Gasteiger partial charge in [-0.3, -0.25) is 4.79 Å². The van der Waals surface area contributed by atoms with Crippen molar-refractivity contribution in [2.24, 2.45) is 11.7 Å². The maximum absolute atomic E-state index is 12.1. The smallest absolute Gasteiger partial charge is 0.224 e. The Bertz CT molecular complexity index is 461. The number of benzene rings is 1. The average Bonchev–Trinajstić information content (AvgIpc) is 2.51. The first-order valence-corrected chi connectivity index (χ1v) is 7.01. The van der Waals surface area contributed by atoms with Crippen molar-refractivity contribution in [3.63, 3.8) is 0 Å². The fourth-order valence-corrected chi connectivity index (χ4v) is 3.03. The SMILES string of the molecule is Cc1cc(C)cc(C2C(N)CC(=O)N2CC(C)C)c1. The number of carbonyl (C=O) groups excluding carboxylic acids is 1. The van der Waals surface area contributed by atoms with Crippen LogP contribution >= 0.6 is 0 Å². The van der Waals surface area contributed by atoms with E-state index >= 15 is 0 Å². The van der Waals surface area contributed by atoms with Crippen molar-refractivity contribution < 1.29 is 4.79 Å². The van der Waals surface area contributed by atoms with Crippen LogP contribution in [0, 0.1) is 19.8 Å². The molecule has 3 nitrogen and oxygen atoms in total. The fourth-order valence-electron chi connectivity index (χ4n) is 3.03. The summed E-state index contributed by atoms with van der Waals surface area (Å²) in [5, 5.41) is 0. The van der Waals surface area contributed by atoms with Gasteiger partial charge in [0.2, 0.25) is 5.91 Å². The zero-order valence-electron chi connectivity index (χ0n) is 12.3. The molecular weight excluding hydrogens is 236 g/mol. The lowest BCUT2D eigenvalue weighted by Gasteiger charge is -2.29. The third kappa shape index (κ3) is 2.98. The molecule has 1 amide bonds. The van der Waals surface area contributed by atoms with Gasteiger partial charge in [-0.15, -0.1) is 0 Å². The van der Waals surface area contributed by atoms with Gasteiger partial charge in [0.05, 0.1) is 6.04 Å². The number of hydrogen-bond donors (Lipinski definition) is 1. The van der Waals surface area contributed by atoms with E-state index in [1.807, 2.05) is 4.90 Å². The monoisotopic (exact) mass is 260 g/mol. The molecule has 1 aliphatic heterocycles. The first-order chi connectivity index (χ1) is 8.88. The van der Waals surface area contributed by atoms with Crippen LogP contribution in [0.1, 0.15) is 43.0 Å². The van der Waals surface area contributed by atoms with E-state index in [1.54, 1.807) is 0 Å². The highest BCUT2D eigenvalue weighted by Gasteiger charge is 2.38. The van der Waals surface area contributed by atoms with Gasteiger partial charge >= 0.3 is 0 Å². The third-order valence-corrected chi connectivity index (χ3v) is 3.62. The number of rotatable bonds is 3. The Labute approximate surface area is 115 Å². The topological polar surface area (TPSA) is 46.3 Å². The minimum Gasteiger partial charge on any atom is -0.334 e. The Morgan fingerprint density at radius 1 is 1.26 bits per heavy atom. The Kier molecular flexibility index (Phi) is 3.95. The van der Waals surface area contributed by atoms with E-state index in [0.29, 0.717) is 12.3 Å². The molecule has 3 heteroatoms. The van der Waals surface area contributed by atoms with Crippen LogP contribution in [-0.2, 0) is 4.79 Å². The van der Waals surface area contributed by atoms with Crippen LogP contribution in [0.4, 0.5) is 0 Å². The van der Waals surface area contributed by atoms with E-state index < -0.39 is 0 Å². The van der Waals surface area contributed by atoms with Gasteiger partial charge in [-0.25, -0.2) is 0 Å². The molecule has 2 N–H and O–H groups in total. The van der Waals surface area contributed by atoms with Crippen molar-refractivity contribution >= 4 is 5.91 Å². The molecule has 2 atom stereocenters. The summed E-state index contributed by atoms with van der Waals surface area (Å²) in [4.78, 5) is 14.1. The second-order valence-corrected chi connectivity index (χ2v) is 6.17. The van der Waals surface area contributed by atoms with Crippen LogP contribution in [0.3, 0.4) is 0 Å². The molecule has 0 bridgehead atoms. The van der Waals surface area contributed by atoms with Gasteiger partial charge in [-0.2, -0.15) is 0 Å². The number of nitrogens with zero attached hydrogens (tertiary/aromatic N) is 1. The van der Waals surface area contributed by atoms with Crippen LogP contribution in [0.2, 0.25) is 0 Å². The van der Waals surface area contributed by atoms with E-state index in [-0.39, 0.29) is 18.0 Å². The maximum atomic E-state index is 12.1. The van der Waals surface area contributed by atoms with Gasteiger partial charge in [-0.05, 0) is 25.3 Å². The zero-order valence-corrected chi connectivity index (χ0v) is 12.3. The zero-order chi connectivity index (χ0) is 14.2. The normalized spacial score (nSPS) is 23.5. The van der Waals surface area contributed by atoms with Crippen LogP contribution in [0.25, 0.3) is 0 Å². The predicted octanol–water partition coefficient (Wildman–Crippen LogP) is 2.56. The van der Waals surface area contributed by atoms with Crippen LogP contribution in [-0.4, -0.2) is 23.4 Å². The number of aryl methyl sites for hydroxylation is 2. The molecule has 0 aliphatic carbocycles. The summed E-state index contributed by atoms with van der Waals surface area (Å²) >= 11 is 0. The van der Waals surface area contributed by atoms with Crippen molar-refractivity contribution in [2.45, 2.75) is 46.2 Å². The fraction of sp³-hybridized carbons (Fsp3) is 0.562. The molecule has 1 aliphatic rings. The standard InChI is InChI=1S/C16H24N2O/c1-10(2)9-18-15(19)8-14(17)16(18)13-6-11(3)5-12(4)7-13/h5-7,10,14,16H,8-9,17H2,1-4H3. The van der Waals surface area contributed by atoms with E-state index in [1.165, 1.54) is 16.7 Å². The largest absolute Gasteiger partial charge is 0.334 e. The van der Waals surface area contributed by atoms with E-state index in [0.717, 1.165) is 6.54 Å². The quantitative estimate of drug-likeness (QED) is 0.908. The van der Waals surface area contributed by atoms with E-state index in [2.05, 4.69) is 45.9 Å². The molecule has 0 saturated carbocycles. The van der Waals surface area contributed by atoms with Gasteiger partial charge in [0, 0.05) is 19.0 Å². The summed E-state index contributed by atoms with van der Waals surface area (Å²) in [6.07, 6.45) is 0.463. The molecule has 0 radical (unpaired) electrons. The lowest BCUT2D eigenvalue weighted by Crippen LogP contribution is -2.35. The van der Waals surface area contributed by atoms with E-state index in [4.69, 9.17) is 5.73 Å². The Morgan fingerprint density at radius 2 is 1.84 bits per heavy atom. The Hall–Kier alpha value is -1.35. The highest BCUT2D eigenvalue weighted by Crippen LogP contribution is 2.33. The first kappa shape index (κ1) is 14.1. The van der Waals surface area contributed by atoms with E-state index in [9.17, 15) is 4.79 Å². The Morgan fingerprint density at radius 3 is 2.37 bits per heavy atom. The van der Waals surface area contributed by atoms with Gasteiger partial charge in [0.1, 0.15) is 0 Å². The Balaban J connectivity index is 2.36. The summed E-state index contributed by atoms with van der Waals surface area (Å²) in [5.74, 6) is 0.646. The van der Waals surface area contributed by atoms with Crippen molar-refractivity contribution in [1.82, 2.24) is 4.90 Å². The second kappa shape index (κ2) is 5.33. The molecule has 2 rings (SSSR count). The molecule has 19 heavy (non-hydrogen) atoms. The first-order valence-electron chi connectivity index (χ1n) is 7.01. The van der Waals surface area contributed by atoms with Gasteiger partial charge in [0.25, 0.3) is 0 Å². The van der Waals surface area contributed by atoms with Gasteiger partial charge in [-0.1, -0.05) is 43.2 Å². The third-order valence-electron chi connectivity index (χ3n) is 3.62. The highest BCUT2D eigenvalue weighted by molar-refractivity contribution is 5.80. The molecule has 104 valence electrons. The summed E-state index contributed by atoms with van der Waals surface area (Å²) in [5.41, 5.74) is 9.84. The van der Waals surface area contributed by atoms with Gasteiger partial charge in [0.15, 0.2) is 0 Å². The summed E-state index contributed by atoms with van der Waals surface area (Å²) in [6.45, 7) is 9.23. The molecule has 0 spiro atoms. The highest BCUT2D eigenvalue weighted by atomic mass is 16.2. The van der Waals surface area contributed by atoms with Crippen molar-refractivity contribution in [2.75, 3.05) is 6.54 Å². The molecule has 1 aromatic rings. The summed E-state index contributed by atoms with van der Waals surface area (Å²) in [6, 6.07) is 6.41. The second-order valence-electron chi connectivity index (χ2n) is 6.17. The van der Waals surface area contributed by atoms with Crippen molar-refractivity contribution in [3.05, 3.63) is 34.9 Å². The average molecular weight is 260 g/mol. The summed E-state index contributed by atoms with van der Waals surface area (Å²) in [7, 11) is 0. The number of carbonyl (C=O) groups is 1. The molecular formula is C16H24N2O. The van der Waals surface area contributed by atoms with Crippen molar-refractivity contribution in [1.29, 1.82) is 0 Å². The molecule has 1 saturated heterocycles.